The van der Waals surface area contributed by atoms with E-state index in [4.69, 9.17) is 4.74 Å². The van der Waals surface area contributed by atoms with Gasteiger partial charge in [0.1, 0.15) is 0 Å². The molecule has 0 aromatic heterocycles. The van der Waals surface area contributed by atoms with Crippen molar-refractivity contribution < 1.29 is 24.5 Å². The third kappa shape index (κ3) is 57.4. The van der Waals surface area contributed by atoms with Crippen LogP contribution in [-0.4, -0.2) is 47.4 Å². The highest BCUT2D eigenvalue weighted by Crippen LogP contribution is 2.18. The van der Waals surface area contributed by atoms with Crippen molar-refractivity contribution in [3.63, 3.8) is 0 Å². The molecule has 2 atom stereocenters. The molecule has 0 spiro atoms. The third-order valence-corrected chi connectivity index (χ3v) is 14.9. The lowest BCUT2D eigenvalue weighted by Crippen LogP contribution is -2.45. The van der Waals surface area contributed by atoms with Gasteiger partial charge in [-0.05, 0) is 83.5 Å². The number of rotatable bonds is 60. The van der Waals surface area contributed by atoms with Crippen LogP contribution in [0.1, 0.15) is 348 Å². The summed E-state index contributed by atoms with van der Waals surface area (Å²) in [6.07, 6.45) is 77.2. The van der Waals surface area contributed by atoms with Crippen molar-refractivity contribution in [3.05, 3.63) is 36.5 Å². The van der Waals surface area contributed by atoms with Gasteiger partial charge in [0, 0.05) is 12.8 Å². The summed E-state index contributed by atoms with van der Waals surface area (Å²) in [7, 11) is 0. The molecule has 0 fully saturated rings. The fourth-order valence-electron chi connectivity index (χ4n) is 9.96. The second kappa shape index (κ2) is 61.6. The Bertz CT molecular complexity index is 1170. The number of amides is 1. The molecule has 2 unspecified atom stereocenters. The van der Waals surface area contributed by atoms with Gasteiger partial charge in [-0.1, -0.05) is 288 Å². The smallest absolute Gasteiger partial charge is 0.305 e. The van der Waals surface area contributed by atoms with Crippen molar-refractivity contribution >= 4 is 11.9 Å². The average molecular weight is 1010 g/mol. The molecule has 0 heterocycles. The lowest BCUT2D eigenvalue weighted by atomic mass is 10.0. The number of aliphatic hydroxyl groups excluding tert-OH is 2. The standard InChI is InChI=1S/C66H125NO5/c1-3-5-7-9-11-13-15-17-19-21-23-25-26-30-34-38-42-46-50-54-58-64(69)63(62-68)67-65(70)59-55-51-47-43-39-35-31-28-29-33-37-41-45-49-53-57-61-72-66(71)60-56-52-48-44-40-36-32-27-24-22-20-18-16-14-12-10-8-6-4-2/h12,14,18,20,28,31,63-64,68-69H,3-11,13,15-17,19,21-27,29-30,32-62H2,1-2H3,(H,67,70)/b14-12-,20-18-,31-28-. The summed E-state index contributed by atoms with van der Waals surface area (Å²) in [5.41, 5.74) is 0. The fraction of sp³-hybridized carbons (Fsp3) is 0.879. The zero-order valence-corrected chi connectivity index (χ0v) is 48.4. The molecule has 0 aliphatic heterocycles. The first-order valence-corrected chi connectivity index (χ1v) is 32.2. The highest BCUT2D eigenvalue weighted by atomic mass is 16.5. The zero-order chi connectivity index (χ0) is 52.2. The van der Waals surface area contributed by atoms with Gasteiger partial charge >= 0.3 is 5.97 Å². The highest BCUT2D eigenvalue weighted by molar-refractivity contribution is 5.76. The lowest BCUT2D eigenvalue weighted by Gasteiger charge is -2.22. The van der Waals surface area contributed by atoms with Crippen LogP contribution in [-0.2, 0) is 14.3 Å². The van der Waals surface area contributed by atoms with Crippen LogP contribution >= 0.6 is 0 Å². The molecule has 3 N–H and O–H groups in total. The summed E-state index contributed by atoms with van der Waals surface area (Å²) < 4.78 is 5.49. The monoisotopic (exact) mass is 1010 g/mol. The maximum atomic E-state index is 12.5. The number of esters is 1. The first-order valence-electron chi connectivity index (χ1n) is 32.2. The first-order chi connectivity index (χ1) is 35.5. The number of hydrogen-bond acceptors (Lipinski definition) is 5. The van der Waals surface area contributed by atoms with Gasteiger partial charge in [0.15, 0.2) is 0 Å². The van der Waals surface area contributed by atoms with Gasteiger partial charge in [-0.25, -0.2) is 0 Å². The van der Waals surface area contributed by atoms with Gasteiger partial charge in [-0.3, -0.25) is 9.59 Å². The van der Waals surface area contributed by atoms with Crippen molar-refractivity contribution in [2.45, 2.75) is 360 Å². The van der Waals surface area contributed by atoms with Crippen LogP contribution in [0.3, 0.4) is 0 Å². The van der Waals surface area contributed by atoms with E-state index in [9.17, 15) is 19.8 Å². The molecule has 0 saturated heterocycles. The highest BCUT2D eigenvalue weighted by Gasteiger charge is 2.20. The summed E-state index contributed by atoms with van der Waals surface area (Å²) in [5.74, 6) is -0.0555. The molecule has 424 valence electrons. The van der Waals surface area contributed by atoms with E-state index < -0.39 is 12.1 Å². The largest absolute Gasteiger partial charge is 0.466 e. The molecular weight excluding hydrogens is 887 g/mol. The summed E-state index contributed by atoms with van der Waals surface area (Å²) in [6.45, 7) is 4.93. The SMILES string of the molecule is CCCCC/C=C\C/C=C\CCCCCCCCCCCC(=O)OCCCCCCCCC/C=C\CCCCCCCC(=O)NC(CO)C(O)CCCCCCCCCCCCCCCCCCCCCC. The molecule has 0 aliphatic rings. The van der Waals surface area contributed by atoms with Crippen LogP contribution in [0.5, 0.6) is 0 Å². The topological polar surface area (TPSA) is 95.9 Å². The Hall–Kier alpha value is -1.92. The van der Waals surface area contributed by atoms with Gasteiger partial charge in [0.25, 0.3) is 0 Å². The Labute approximate surface area is 449 Å². The first kappa shape index (κ1) is 70.1. The number of allylic oxidation sites excluding steroid dienone is 6. The van der Waals surface area contributed by atoms with E-state index in [1.54, 1.807) is 0 Å². The summed E-state index contributed by atoms with van der Waals surface area (Å²) in [4.78, 5) is 24.6. The molecule has 6 nitrogen and oxygen atoms in total. The predicted octanol–water partition coefficient (Wildman–Crippen LogP) is 20.4. The second-order valence-electron chi connectivity index (χ2n) is 22.1. The Balaban J connectivity index is 3.45. The average Bonchev–Trinajstić information content (AvgIpc) is 3.38. The molecule has 0 aromatic carbocycles. The van der Waals surface area contributed by atoms with Crippen molar-refractivity contribution in [3.8, 4) is 0 Å². The van der Waals surface area contributed by atoms with Gasteiger partial charge < -0.3 is 20.3 Å². The minimum atomic E-state index is -0.676. The Kier molecular flexibility index (Phi) is 60.0. The fourth-order valence-corrected chi connectivity index (χ4v) is 9.96. The Morgan fingerprint density at radius 2 is 0.694 bits per heavy atom. The van der Waals surface area contributed by atoms with Crippen molar-refractivity contribution in [1.29, 1.82) is 0 Å². The molecule has 6 heteroatoms. The lowest BCUT2D eigenvalue weighted by molar-refractivity contribution is -0.143. The molecule has 0 saturated carbocycles. The van der Waals surface area contributed by atoms with E-state index in [0.29, 0.717) is 25.9 Å². The van der Waals surface area contributed by atoms with Crippen molar-refractivity contribution in [2.75, 3.05) is 13.2 Å². The maximum Gasteiger partial charge on any atom is 0.305 e. The zero-order valence-electron chi connectivity index (χ0n) is 48.4. The van der Waals surface area contributed by atoms with E-state index in [1.165, 1.54) is 244 Å². The molecule has 0 radical (unpaired) electrons. The maximum absolute atomic E-state index is 12.5. The van der Waals surface area contributed by atoms with E-state index >= 15 is 0 Å². The Morgan fingerprint density at radius 1 is 0.389 bits per heavy atom. The van der Waals surface area contributed by atoms with Crippen LogP contribution in [0.2, 0.25) is 0 Å². The van der Waals surface area contributed by atoms with E-state index in [0.717, 1.165) is 70.6 Å². The number of hydrogen-bond donors (Lipinski definition) is 3. The quantitative estimate of drug-likeness (QED) is 0.0320. The van der Waals surface area contributed by atoms with Gasteiger partial charge in [-0.2, -0.15) is 0 Å². The van der Waals surface area contributed by atoms with E-state index in [-0.39, 0.29) is 18.5 Å². The normalized spacial score (nSPS) is 12.8. The minimum absolute atomic E-state index is 0.00601. The molecule has 0 rings (SSSR count). The van der Waals surface area contributed by atoms with Crippen LogP contribution in [0.15, 0.2) is 36.5 Å². The third-order valence-electron chi connectivity index (χ3n) is 14.9. The Morgan fingerprint density at radius 3 is 1.10 bits per heavy atom. The van der Waals surface area contributed by atoms with Crippen LogP contribution in [0.25, 0.3) is 0 Å². The number of nitrogens with one attached hydrogen (secondary N) is 1. The number of ether oxygens (including phenoxy) is 1. The number of aliphatic hydroxyl groups is 2. The molecule has 0 bridgehead atoms. The van der Waals surface area contributed by atoms with Crippen LogP contribution < -0.4 is 5.32 Å². The van der Waals surface area contributed by atoms with Crippen LogP contribution in [0, 0.1) is 0 Å². The number of carbonyl (C=O) groups is 2. The minimum Gasteiger partial charge on any atom is -0.466 e. The summed E-state index contributed by atoms with van der Waals surface area (Å²) in [6, 6.07) is -0.555. The molecule has 0 aromatic rings. The van der Waals surface area contributed by atoms with Gasteiger partial charge in [-0.15, -0.1) is 0 Å². The number of unbranched alkanes of at least 4 members (excludes halogenated alkanes) is 43. The molecule has 0 aliphatic carbocycles. The van der Waals surface area contributed by atoms with Crippen LogP contribution in [0.4, 0.5) is 0 Å². The molecular formula is C66H125NO5. The number of carbonyl (C=O) groups excluding carboxylic acids is 2. The van der Waals surface area contributed by atoms with E-state index in [1.807, 2.05) is 0 Å². The molecule has 1 amide bonds. The second-order valence-corrected chi connectivity index (χ2v) is 22.1. The van der Waals surface area contributed by atoms with Crippen molar-refractivity contribution in [2.24, 2.45) is 0 Å². The van der Waals surface area contributed by atoms with Gasteiger partial charge in [0.05, 0.1) is 25.4 Å². The van der Waals surface area contributed by atoms with Crippen molar-refractivity contribution in [1.82, 2.24) is 5.32 Å². The van der Waals surface area contributed by atoms with Gasteiger partial charge in [0.2, 0.25) is 5.91 Å². The molecule has 72 heavy (non-hydrogen) atoms. The summed E-state index contributed by atoms with van der Waals surface area (Å²) in [5, 5.41) is 23.4. The van der Waals surface area contributed by atoms with E-state index in [2.05, 4.69) is 55.6 Å². The summed E-state index contributed by atoms with van der Waals surface area (Å²) >= 11 is 0. The predicted molar refractivity (Wildman–Crippen MR) is 315 cm³/mol.